The number of sulfone groups is 1. The highest BCUT2D eigenvalue weighted by atomic mass is 32.2. The van der Waals surface area contributed by atoms with Gasteiger partial charge in [-0.1, -0.05) is 12.1 Å². The zero-order valence-corrected chi connectivity index (χ0v) is 19.9. The largest absolute Gasteiger partial charge is 0.461 e. The van der Waals surface area contributed by atoms with Gasteiger partial charge in [0.25, 0.3) is 0 Å². The normalized spacial score (nSPS) is 17.4. The number of benzene rings is 1. The van der Waals surface area contributed by atoms with E-state index in [1.54, 1.807) is 47.0 Å². The summed E-state index contributed by atoms with van der Waals surface area (Å²) in [6.07, 6.45) is 1.24. The van der Waals surface area contributed by atoms with Crippen LogP contribution in [0, 0.1) is 19.7 Å². The van der Waals surface area contributed by atoms with Gasteiger partial charge in [-0.25, -0.2) is 12.8 Å². The van der Waals surface area contributed by atoms with Crippen molar-refractivity contribution < 1.29 is 22.0 Å². The van der Waals surface area contributed by atoms with Crippen LogP contribution >= 0.6 is 0 Å². The van der Waals surface area contributed by atoms with Gasteiger partial charge in [0.2, 0.25) is 5.91 Å². The van der Waals surface area contributed by atoms with Crippen LogP contribution in [0.1, 0.15) is 41.6 Å². The van der Waals surface area contributed by atoms with Crippen LogP contribution in [0.4, 0.5) is 4.39 Å². The van der Waals surface area contributed by atoms with E-state index in [9.17, 15) is 17.6 Å². The molecule has 1 aliphatic heterocycles. The molecule has 1 atom stereocenters. The van der Waals surface area contributed by atoms with Gasteiger partial charge in [-0.2, -0.15) is 5.10 Å². The Morgan fingerprint density at radius 2 is 2.00 bits per heavy atom. The van der Waals surface area contributed by atoms with Crippen molar-refractivity contribution in [2.45, 2.75) is 45.7 Å². The summed E-state index contributed by atoms with van der Waals surface area (Å²) < 4.78 is 45.2. The third-order valence-corrected chi connectivity index (χ3v) is 7.99. The molecule has 0 radical (unpaired) electrons. The molecule has 1 aliphatic rings. The van der Waals surface area contributed by atoms with E-state index in [1.807, 2.05) is 13.8 Å². The van der Waals surface area contributed by atoms with Gasteiger partial charge in [0, 0.05) is 37.7 Å². The number of furan rings is 1. The van der Waals surface area contributed by atoms with Crippen LogP contribution in [0.5, 0.6) is 0 Å². The molecule has 1 unspecified atom stereocenters. The zero-order chi connectivity index (χ0) is 23.8. The lowest BCUT2D eigenvalue weighted by molar-refractivity contribution is -0.130. The molecular formula is C24H28FN3O4S. The Labute approximate surface area is 193 Å². The fourth-order valence-corrected chi connectivity index (χ4v) is 6.01. The van der Waals surface area contributed by atoms with Gasteiger partial charge in [-0.15, -0.1) is 0 Å². The second-order valence-electron chi connectivity index (χ2n) is 8.65. The van der Waals surface area contributed by atoms with E-state index in [0.29, 0.717) is 36.5 Å². The highest BCUT2D eigenvalue weighted by Gasteiger charge is 2.31. The van der Waals surface area contributed by atoms with Gasteiger partial charge in [-0.3, -0.25) is 9.48 Å². The van der Waals surface area contributed by atoms with Crippen LogP contribution in [0.3, 0.4) is 0 Å². The Bertz CT molecular complexity index is 1280. The standard InChI is InChI=1S/C24H28FN3O4S/c1-16-21(17(2)28(26-16)18-12-13-33(30,31)15-18)14-27(3)24(29)11-9-19-8-10-23(32-19)20-6-4-5-7-22(20)25/h4-8,10,18H,9,11-15H2,1-3H3. The summed E-state index contributed by atoms with van der Waals surface area (Å²) in [6.45, 7) is 4.20. The predicted molar refractivity (Wildman–Crippen MR) is 123 cm³/mol. The quantitative estimate of drug-likeness (QED) is 0.520. The molecule has 1 aromatic carbocycles. The molecule has 3 heterocycles. The molecule has 0 saturated carbocycles. The summed E-state index contributed by atoms with van der Waals surface area (Å²) in [5, 5.41) is 4.57. The zero-order valence-electron chi connectivity index (χ0n) is 19.0. The minimum atomic E-state index is -3.01. The molecule has 2 aromatic heterocycles. The molecule has 3 aromatic rings. The number of amides is 1. The third-order valence-electron chi connectivity index (χ3n) is 6.24. The first-order valence-electron chi connectivity index (χ1n) is 11.0. The third kappa shape index (κ3) is 5.03. The topological polar surface area (TPSA) is 85.4 Å². The lowest BCUT2D eigenvalue weighted by Gasteiger charge is -2.18. The number of rotatable bonds is 7. The molecule has 0 N–H and O–H groups in total. The smallest absolute Gasteiger partial charge is 0.223 e. The first-order chi connectivity index (χ1) is 15.6. The van der Waals surface area contributed by atoms with Crippen LogP contribution in [0.2, 0.25) is 0 Å². The fourth-order valence-electron chi connectivity index (χ4n) is 4.31. The SMILES string of the molecule is Cc1nn(C2CCS(=O)(=O)C2)c(C)c1CN(C)C(=O)CCc1ccc(-c2ccccc2F)o1. The summed E-state index contributed by atoms with van der Waals surface area (Å²) in [7, 11) is -1.27. The number of aromatic nitrogens is 2. The van der Waals surface area contributed by atoms with Gasteiger partial charge >= 0.3 is 0 Å². The van der Waals surface area contributed by atoms with Crippen molar-refractivity contribution in [2.75, 3.05) is 18.6 Å². The summed E-state index contributed by atoms with van der Waals surface area (Å²) in [6, 6.07) is 9.74. The van der Waals surface area contributed by atoms with Gasteiger partial charge in [0.15, 0.2) is 9.84 Å². The molecule has 0 aliphatic carbocycles. The van der Waals surface area contributed by atoms with Crippen LogP contribution in [-0.2, 0) is 27.6 Å². The molecule has 33 heavy (non-hydrogen) atoms. The number of carbonyl (C=O) groups excluding carboxylic acids is 1. The lowest BCUT2D eigenvalue weighted by Crippen LogP contribution is -2.27. The van der Waals surface area contributed by atoms with Crippen molar-refractivity contribution in [1.29, 1.82) is 0 Å². The molecule has 9 heteroatoms. The first-order valence-corrected chi connectivity index (χ1v) is 12.8. The minimum Gasteiger partial charge on any atom is -0.461 e. The van der Waals surface area contributed by atoms with Crippen molar-refractivity contribution in [3.63, 3.8) is 0 Å². The maximum absolute atomic E-state index is 14.0. The van der Waals surface area contributed by atoms with Crippen molar-refractivity contribution >= 4 is 15.7 Å². The highest BCUT2D eigenvalue weighted by molar-refractivity contribution is 7.91. The Balaban J connectivity index is 1.37. The van der Waals surface area contributed by atoms with E-state index in [-0.39, 0.29) is 35.7 Å². The molecule has 1 fully saturated rings. The second kappa shape index (κ2) is 9.13. The number of halogens is 1. The Morgan fingerprint density at radius 3 is 2.70 bits per heavy atom. The van der Waals surface area contributed by atoms with E-state index in [4.69, 9.17) is 4.42 Å². The predicted octanol–water partition coefficient (Wildman–Crippen LogP) is 3.85. The molecule has 1 amide bonds. The van der Waals surface area contributed by atoms with Gasteiger partial charge in [-0.05, 0) is 44.5 Å². The number of aryl methyl sites for hydroxylation is 2. The second-order valence-corrected chi connectivity index (χ2v) is 10.9. The molecule has 1 saturated heterocycles. The van der Waals surface area contributed by atoms with Crippen molar-refractivity contribution in [1.82, 2.24) is 14.7 Å². The number of carbonyl (C=O) groups is 1. The van der Waals surface area contributed by atoms with Crippen LogP contribution < -0.4 is 0 Å². The number of hydrogen-bond acceptors (Lipinski definition) is 5. The average Bonchev–Trinajstić information content (AvgIpc) is 3.46. The number of hydrogen-bond donors (Lipinski definition) is 0. The Kier molecular flexibility index (Phi) is 6.43. The molecule has 0 spiro atoms. The molecule has 4 rings (SSSR count). The van der Waals surface area contributed by atoms with Crippen LogP contribution in [0.15, 0.2) is 40.8 Å². The Hall–Kier alpha value is -2.94. The Morgan fingerprint density at radius 1 is 1.24 bits per heavy atom. The summed E-state index contributed by atoms with van der Waals surface area (Å²) in [5.41, 5.74) is 3.03. The van der Waals surface area contributed by atoms with E-state index < -0.39 is 9.84 Å². The van der Waals surface area contributed by atoms with Crippen molar-refractivity contribution in [3.8, 4) is 11.3 Å². The average molecular weight is 474 g/mol. The first kappa shape index (κ1) is 23.2. The van der Waals surface area contributed by atoms with E-state index in [2.05, 4.69) is 5.10 Å². The van der Waals surface area contributed by atoms with Gasteiger partial charge in [0.05, 0.1) is 28.8 Å². The fraction of sp³-hybridized carbons (Fsp3) is 0.417. The van der Waals surface area contributed by atoms with E-state index in [0.717, 1.165) is 17.0 Å². The van der Waals surface area contributed by atoms with E-state index >= 15 is 0 Å². The monoisotopic (exact) mass is 473 g/mol. The highest BCUT2D eigenvalue weighted by Crippen LogP contribution is 2.28. The summed E-state index contributed by atoms with van der Waals surface area (Å²) in [4.78, 5) is 14.4. The van der Waals surface area contributed by atoms with Crippen LogP contribution in [0.25, 0.3) is 11.3 Å². The van der Waals surface area contributed by atoms with Gasteiger partial charge < -0.3 is 9.32 Å². The van der Waals surface area contributed by atoms with Gasteiger partial charge in [0.1, 0.15) is 17.3 Å². The molecular weight excluding hydrogens is 445 g/mol. The summed E-state index contributed by atoms with van der Waals surface area (Å²) in [5.74, 6) is 0.967. The maximum atomic E-state index is 14.0. The lowest BCUT2D eigenvalue weighted by atomic mass is 10.1. The molecule has 0 bridgehead atoms. The molecule has 176 valence electrons. The maximum Gasteiger partial charge on any atom is 0.223 e. The van der Waals surface area contributed by atoms with Crippen molar-refractivity contribution in [3.05, 3.63) is 64.9 Å². The van der Waals surface area contributed by atoms with Crippen molar-refractivity contribution in [2.24, 2.45) is 0 Å². The molecule has 7 nitrogen and oxygen atoms in total. The van der Waals surface area contributed by atoms with Crippen LogP contribution in [-0.4, -0.2) is 47.6 Å². The number of nitrogens with zero attached hydrogens (tertiary/aromatic N) is 3. The summed E-state index contributed by atoms with van der Waals surface area (Å²) >= 11 is 0. The van der Waals surface area contributed by atoms with E-state index in [1.165, 1.54) is 6.07 Å². The minimum absolute atomic E-state index is 0.0474.